The van der Waals surface area contributed by atoms with Crippen molar-refractivity contribution in [2.45, 2.75) is 57.7 Å². The maximum atomic E-state index is 6.40. The molecule has 1 atom stereocenters. The Hall–Kier alpha value is -0.580. The van der Waals surface area contributed by atoms with Gasteiger partial charge in [-0.15, -0.1) is 0 Å². The third-order valence-corrected chi connectivity index (χ3v) is 4.93. The number of ether oxygens (including phenoxy) is 1. The van der Waals surface area contributed by atoms with Crippen LogP contribution in [0.15, 0.2) is 0 Å². The van der Waals surface area contributed by atoms with Crippen LogP contribution < -0.4 is 5.32 Å². The number of rotatable bonds is 6. The van der Waals surface area contributed by atoms with Crippen LogP contribution in [0.2, 0.25) is 5.02 Å². The minimum atomic E-state index is -0.0329. The van der Waals surface area contributed by atoms with Gasteiger partial charge >= 0.3 is 0 Å². The quantitative estimate of drug-likeness (QED) is 0.873. The third-order valence-electron chi connectivity index (χ3n) is 4.44. The van der Waals surface area contributed by atoms with Gasteiger partial charge in [0, 0.05) is 26.1 Å². The Morgan fingerprint density at radius 2 is 2.21 bits per heavy atom. The predicted octanol–water partition coefficient (Wildman–Crippen LogP) is 2.56. The van der Waals surface area contributed by atoms with Crippen molar-refractivity contribution < 1.29 is 4.74 Å². The van der Waals surface area contributed by atoms with Crippen LogP contribution in [-0.4, -0.2) is 35.6 Å². The van der Waals surface area contributed by atoms with Crippen LogP contribution in [0.5, 0.6) is 0 Å². The molecule has 1 fully saturated rings. The molecule has 0 aliphatic heterocycles. The fourth-order valence-electron chi connectivity index (χ4n) is 3.03. The molecule has 4 nitrogen and oxygen atoms in total. The fourth-order valence-corrected chi connectivity index (χ4v) is 3.24. The van der Waals surface area contributed by atoms with Crippen LogP contribution in [0, 0.1) is 6.92 Å². The third kappa shape index (κ3) is 2.54. The molecule has 5 heteroatoms. The van der Waals surface area contributed by atoms with E-state index in [-0.39, 0.29) is 11.6 Å². The summed E-state index contributed by atoms with van der Waals surface area (Å²) in [5.41, 5.74) is 1.99. The summed E-state index contributed by atoms with van der Waals surface area (Å²) in [5, 5.41) is 8.69. The number of hydrogen-bond acceptors (Lipinski definition) is 3. The number of aryl methyl sites for hydroxylation is 2. The summed E-state index contributed by atoms with van der Waals surface area (Å²) in [6.45, 7) is 4.90. The highest BCUT2D eigenvalue weighted by Gasteiger charge is 2.44. The summed E-state index contributed by atoms with van der Waals surface area (Å²) < 4.78 is 7.79. The molecule has 1 heterocycles. The second-order valence-corrected chi connectivity index (χ2v) is 5.71. The zero-order chi connectivity index (χ0) is 14.0. The van der Waals surface area contributed by atoms with E-state index in [1.807, 2.05) is 25.8 Å². The first kappa shape index (κ1) is 14.8. The molecule has 1 aromatic heterocycles. The average Bonchev–Trinajstić information content (AvgIpc) is 2.64. The second kappa shape index (κ2) is 5.81. The van der Waals surface area contributed by atoms with Crippen LogP contribution in [0.3, 0.4) is 0 Å². The smallest absolute Gasteiger partial charge is 0.0847 e. The van der Waals surface area contributed by atoms with Crippen molar-refractivity contribution in [1.82, 2.24) is 15.1 Å². The Bertz CT molecular complexity index is 435. The van der Waals surface area contributed by atoms with Crippen molar-refractivity contribution in [2.24, 2.45) is 0 Å². The number of nitrogens with one attached hydrogen (secondary N) is 1. The van der Waals surface area contributed by atoms with Crippen molar-refractivity contribution in [2.75, 3.05) is 14.2 Å². The molecule has 1 aromatic rings. The summed E-state index contributed by atoms with van der Waals surface area (Å²) >= 11 is 6.40. The van der Waals surface area contributed by atoms with E-state index in [4.69, 9.17) is 16.3 Å². The van der Waals surface area contributed by atoms with Gasteiger partial charge in [-0.25, -0.2) is 0 Å². The van der Waals surface area contributed by atoms with E-state index in [9.17, 15) is 0 Å². The van der Waals surface area contributed by atoms with Crippen LogP contribution >= 0.6 is 11.6 Å². The highest BCUT2D eigenvalue weighted by Crippen LogP contribution is 2.39. The second-order valence-electron chi connectivity index (χ2n) is 5.33. The van der Waals surface area contributed by atoms with E-state index in [1.54, 1.807) is 0 Å². The molecule has 2 rings (SSSR count). The van der Waals surface area contributed by atoms with Crippen molar-refractivity contribution >= 4 is 11.6 Å². The van der Waals surface area contributed by atoms with Gasteiger partial charge in [0.05, 0.1) is 22.0 Å². The minimum Gasteiger partial charge on any atom is -0.377 e. The van der Waals surface area contributed by atoms with Gasteiger partial charge in [0.15, 0.2) is 0 Å². The molecule has 0 spiro atoms. The van der Waals surface area contributed by atoms with Gasteiger partial charge in [-0.1, -0.05) is 11.6 Å². The summed E-state index contributed by atoms with van der Waals surface area (Å²) in [6.07, 6.45) is 4.33. The number of likely N-dealkylation sites (N-methyl/N-ethyl adjacent to an activating group) is 1. The SMILES string of the molecule is CCn1nc(C)c(Cl)c1CC(NC)C1(OC)CCC1. The molecule has 0 amide bonds. The highest BCUT2D eigenvalue weighted by atomic mass is 35.5. The van der Waals surface area contributed by atoms with Crippen LogP contribution in [0.1, 0.15) is 37.6 Å². The molecular formula is C14H24ClN3O. The Balaban J connectivity index is 2.23. The van der Waals surface area contributed by atoms with Crippen LogP contribution in [-0.2, 0) is 17.7 Å². The lowest BCUT2D eigenvalue weighted by molar-refractivity contribution is -0.0969. The van der Waals surface area contributed by atoms with Crippen LogP contribution in [0.25, 0.3) is 0 Å². The van der Waals surface area contributed by atoms with Crippen molar-refractivity contribution in [3.05, 3.63) is 16.4 Å². The first-order valence-electron chi connectivity index (χ1n) is 7.02. The van der Waals surface area contributed by atoms with E-state index in [2.05, 4.69) is 17.3 Å². The van der Waals surface area contributed by atoms with E-state index < -0.39 is 0 Å². The van der Waals surface area contributed by atoms with Gasteiger partial charge in [0.25, 0.3) is 0 Å². The Kier molecular flexibility index (Phi) is 4.54. The predicted molar refractivity (Wildman–Crippen MR) is 77.8 cm³/mol. The van der Waals surface area contributed by atoms with Gasteiger partial charge in [0.1, 0.15) is 0 Å². The molecule has 1 N–H and O–H groups in total. The molecule has 19 heavy (non-hydrogen) atoms. The van der Waals surface area contributed by atoms with Crippen molar-refractivity contribution in [3.63, 3.8) is 0 Å². The summed E-state index contributed by atoms with van der Waals surface area (Å²) in [6, 6.07) is 0.283. The molecule has 0 saturated heterocycles. The number of aromatic nitrogens is 2. The van der Waals surface area contributed by atoms with E-state index in [0.717, 1.165) is 42.2 Å². The Morgan fingerprint density at radius 1 is 1.53 bits per heavy atom. The van der Waals surface area contributed by atoms with Crippen LogP contribution in [0.4, 0.5) is 0 Å². The number of methoxy groups -OCH3 is 1. The monoisotopic (exact) mass is 285 g/mol. The lowest BCUT2D eigenvalue weighted by atomic mass is 9.73. The maximum absolute atomic E-state index is 6.40. The highest BCUT2D eigenvalue weighted by molar-refractivity contribution is 6.31. The van der Waals surface area contributed by atoms with E-state index >= 15 is 0 Å². The van der Waals surface area contributed by atoms with E-state index in [1.165, 1.54) is 6.42 Å². The van der Waals surface area contributed by atoms with Gasteiger partial charge in [-0.3, -0.25) is 4.68 Å². The molecule has 0 bridgehead atoms. The molecule has 1 saturated carbocycles. The maximum Gasteiger partial charge on any atom is 0.0847 e. The van der Waals surface area contributed by atoms with Crippen molar-refractivity contribution in [3.8, 4) is 0 Å². The molecule has 0 radical (unpaired) electrons. The van der Waals surface area contributed by atoms with Gasteiger partial charge in [-0.05, 0) is 40.2 Å². The largest absolute Gasteiger partial charge is 0.377 e. The summed E-state index contributed by atoms with van der Waals surface area (Å²) in [4.78, 5) is 0. The zero-order valence-electron chi connectivity index (χ0n) is 12.3. The van der Waals surface area contributed by atoms with Gasteiger partial charge in [-0.2, -0.15) is 5.10 Å². The molecule has 1 aliphatic carbocycles. The first-order valence-corrected chi connectivity index (χ1v) is 7.40. The Labute approximate surface area is 120 Å². The topological polar surface area (TPSA) is 39.1 Å². The lowest BCUT2D eigenvalue weighted by Gasteiger charge is -2.46. The Morgan fingerprint density at radius 3 is 2.63 bits per heavy atom. The summed E-state index contributed by atoms with van der Waals surface area (Å²) in [5.74, 6) is 0. The minimum absolute atomic E-state index is 0.0329. The van der Waals surface area contributed by atoms with Gasteiger partial charge in [0.2, 0.25) is 0 Å². The number of halogens is 1. The lowest BCUT2D eigenvalue weighted by Crippen LogP contribution is -2.56. The number of hydrogen-bond donors (Lipinski definition) is 1. The molecule has 0 aromatic carbocycles. The van der Waals surface area contributed by atoms with E-state index in [0.29, 0.717) is 0 Å². The van der Waals surface area contributed by atoms with Gasteiger partial charge < -0.3 is 10.1 Å². The molecule has 108 valence electrons. The fraction of sp³-hybridized carbons (Fsp3) is 0.786. The standard InChI is InChI=1S/C14H24ClN3O/c1-5-18-11(13(15)10(2)17-18)9-12(16-3)14(19-4)7-6-8-14/h12,16H,5-9H2,1-4H3. The normalized spacial score (nSPS) is 19.2. The zero-order valence-corrected chi connectivity index (χ0v) is 13.0. The van der Waals surface area contributed by atoms with Crippen molar-refractivity contribution in [1.29, 1.82) is 0 Å². The average molecular weight is 286 g/mol. The first-order chi connectivity index (χ1) is 9.07. The molecule has 1 aliphatic rings. The molecular weight excluding hydrogens is 262 g/mol. The molecule has 1 unspecified atom stereocenters. The summed E-state index contributed by atoms with van der Waals surface area (Å²) in [7, 11) is 3.81. The number of nitrogens with zero attached hydrogens (tertiary/aromatic N) is 2.